The van der Waals surface area contributed by atoms with Gasteiger partial charge in [0, 0.05) is 10.0 Å². The standard InChI is InChI=1S/C15H11BrN2O2/c16-13-3-1-2-11(8-13)9-19-14-6-4-12(5-7-14)15-18-17-10-20-15/h1-8,10H,9H2. The van der Waals surface area contributed by atoms with E-state index in [1.807, 2.05) is 48.5 Å². The van der Waals surface area contributed by atoms with Crippen LogP contribution >= 0.6 is 15.9 Å². The molecule has 0 unspecified atom stereocenters. The summed E-state index contributed by atoms with van der Waals surface area (Å²) in [6.07, 6.45) is 1.31. The summed E-state index contributed by atoms with van der Waals surface area (Å²) in [5.74, 6) is 1.30. The van der Waals surface area contributed by atoms with Crippen LogP contribution in [0.15, 0.2) is 63.8 Å². The molecule has 1 heterocycles. The summed E-state index contributed by atoms with van der Waals surface area (Å²) in [5, 5.41) is 7.51. The maximum absolute atomic E-state index is 5.73. The van der Waals surface area contributed by atoms with Gasteiger partial charge in [0.25, 0.3) is 0 Å². The molecule has 0 aliphatic heterocycles. The van der Waals surface area contributed by atoms with E-state index in [2.05, 4.69) is 26.1 Å². The second-order valence-electron chi connectivity index (χ2n) is 4.19. The predicted octanol–water partition coefficient (Wildman–Crippen LogP) is 4.08. The number of ether oxygens (including phenoxy) is 1. The lowest BCUT2D eigenvalue weighted by atomic mass is 10.2. The van der Waals surface area contributed by atoms with E-state index in [9.17, 15) is 0 Å². The second-order valence-corrected chi connectivity index (χ2v) is 5.10. The van der Waals surface area contributed by atoms with E-state index in [1.165, 1.54) is 6.39 Å². The van der Waals surface area contributed by atoms with Gasteiger partial charge in [0.2, 0.25) is 12.3 Å². The fraction of sp³-hybridized carbons (Fsp3) is 0.0667. The van der Waals surface area contributed by atoms with E-state index in [1.54, 1.807) is 0 Å². The highest BCUT2D eigenvalue weighted by atomic mass is 79.9. The van der Waals surface area contributed by atoms with Gasteiger partial charge in [-0.1, -0.05) is 28.1 Å². The normalized spacial score (nSPS) is 10.4. The quantitative estimate of drug-likeness (QED) is 0.723. The van der Waals surface area contributed by atoms with Crippen molar-refractivity contribution in [1.29, 1.82) is 0 Å². The van der Waals surface area contributed by atoms with Crippen LogP contribution in [0.1, 0.15) is 5.56 Å². The van der Waals surface area contributed by atoms with Crippen molar-refractivity contribution in [2.45, 2.75) is 6.61 Å². The predicted molar refractivity (Wildman–Crippen MR) is 78.2 cm³/mol. The topological polar surface area (TPSA) is 48.2 Å². The third kappa shape index (κ3) is 3.05. The van der Waals surface area contributed by atoms with Crippen LogP contribution in [-0.4, -0.2) is 10.2 Å². The van der Waals surface area contributed by atoms with E-state index in [4.69, 9.17) is 9.15 Å². The van der Waals surface area contributed by atoms with Crippen LogP contribution in [0.2, 0.25) is 0 Å². The molecule has 3 aromatic rings. The van der Waals surface area contributed by atoms with Gasteiger partial charge in [-0.3, -0.25) is 0 Å². The molecule has 0 spiro atoms. The molecular formula is C15H11BrN2O2. The number of benzene rings is 2. The van der Waals surface area contributed by atoms with Crippen LogP contribution in [0.5, 0.6) is 5.75 Å². The Balaban J connectivity index is 1.67. The molecular weight excluding hydrogens is 320 g/mol. The van der Waals surface area contributed by atoms with Gasteiger partial charge in [-0.05, 0) is 42.0 Å². The van der Waals surface area contributed by atoms with Crippen LogP contribution in [-0.2, 0) is 6.61 Å². The van der Waals surface area contributed by atoms with E-state index in [0.717, 1.165) is 21.3 Å². The lowest BCUT2D eigenvalue weighted by Crippen LogP contribution is -1.95. The van der Waals surface area contributed by atoms with Crippen molar-refractivity contribution in [1.82, 2.24) is 10.2 Å². The summed E-state index contributed by atoms with van der Waals surface area (Å²) in [5.41, 5.74) is 1.98. The van der Waals surface area contributed by atoms with E-state index in [0.29, 0.717) is 12.5 Å². The number of aromatic nitrogens is 2. The summed E-state index contributed by atoms with van der Waals surface area (Å²) < 4.78 is 11.9. The van der Waals surface area contributed by atoms with Crippen molar-refractivity contribution in [2.24, 2.45) is 0 Å². The molecule has 100 valence electrons. The summed E-state index contributed by atoms with van der Waals surface area (Å²) >= 11 is 3.44. The molecule has 3 rings (SSSR count). The van der Waals surface area contributed by atoms with E-state index >= 15 is 0 Å². The number of rotatable bonds is 4. The van der Waals surface area contributed by atoms with Crippen molar-refractivity contribution in [2.75, 3.05) is 0 Å². The molecule has 0 N–H and O–H groups in total. The summed E-state index contributed by atoms with van der Waals surface area (Å²) in [6, 6.07) is 15.6. The maximum atomic E-state index is 5.73. The van der Waals surface area contributed by atoms with Crippen molar-refractivity contribution in [3.8, 4) is 17.2 Å². The molecule has 0 atom stereocenters. The van der Waals surface area contributed by atoms with Gasteiger partial charge in [0.05, 0.1) is 0 Å². The van der Waals surface area contributed by atoms with Gasteiger partial charge in [0.1, 0.15) is 12.4 Å². The van der Waals surface area contributed by atoms with Gasteiger partial charge in [-0.15, -0.1) is 10.2 Å². The van der Waals surface area contributed by atoms with Crippen LogP contribution < -0.4 is 4.74 Å². The van der Waals surface area contributed by atoms with Crippen molar-refractivity contribution >= 4 is 15.9 Å². The Morgan fingerprint density at radius 1 is 1.10 bits per heavy atom. The van der Waals surface area contributed by atoms with Crippen molar-refractivity contribution in [3.05, 3.63) is 65.0 Å². The van der Waals surface area contributed by atoms with Gasteiger partial charge in [-0.2, -0.15) is 0 Å². The van der Waals surface area contributed by atoms with Gasteiger partial charge in [-0.25, -0.2) is 0 Å². The Labute approximate surface area is 124 Å². The summed E-state index contributed by atoms with van der Waals surface area (Å²) in [6.45, 7) is 0.527. The van der Waals surface area contributed by atoms with Crippen LogP contribution in [0.4, 0.5) is 0 Å². The minimum atomic E-state index is 0.503. The first-order valence-electron chi connectivity index (χ1n) is 6.05. The molecule has 0 aliphatic rings. The molecule has 0 bridgehead atoms. The fourth-order valence-corrected chi connectivity index (χ4v) is 2.23. The monoisotopic (exact) mass is 330 g/mol. The molecule has 20 heavy (non-hydrogen) atoms. The maximum Gasteiger partial charge on any atom is 0.247 e. The number of hydrogen-bond donors (Lipinski definition) is 0. The third-order valence-electron chi connectivity index (χ3n) is 2.76. The van der Waals surface area contributed by atoms with Crippen LogP contribution in [0.3, 0.4) is 0 Å². The van der Waals surface area contributed by atoms with Gasteiger partial charge in [0.15, 0.2) is 0 Å². The lowest BCUT2D eigenvalue weighted by Gasteiger charge is -2.07. The first kappa shape index (κ1) is 12.9. The fourth-order valence-electron chi connectivity index (χ4n) is 1.79. The zero-order valence-electron chi connectivity index (χ0n) is 10.5. The summed E-state index contributed by atoms with van der Waals surface area (Å²) in [4.78, 5) is 0. The molecule has 5 heteroatoms. The van der Waals surface area contributed by atoms with E-state index < -0.39 is 0 Å². The lowest BCUT2D eigenvalue weighted by molar-refractivity contribution is 0.306. The number of nitrogens with zero attached hydrogens (tertiary/aromatic N) is 2. The van der Waals surface area contributed by atoms with Gasteiger partial charge >= 0.3 is 0 Å². The molecule has 0 aliphatic carbocycles. The smallest absolute Gasteiger partial charge is 0.247 e. The Morgan fingerprint density at radius 3 is 2.65 bits per heavy atom. The molecule has 0 amide bonds. The minimum Gasteiger partial charge on any atom is -0.489 e. The molecule has 0 fully saturated rings. The minimum absolute atomic E-state index is 0.503. The summed E-state index contributed by atoms with van der Waals surface area (Å²) in [7, 11) is 0. The van der Waals surface area contributed by atoms with Crippen molar-refractivity contribution in [3.63, 3.8) is 0 Å². The van der Waals surface area contributed by atoms with Crippen LogP contribution in [0.25, 0.3) is 11.5 Å². The van der Waals surface area contributed by atoms with Crippen LogP contribution in [0, 0.1) is 0 Å². The molecule has 2 aromatic carbocycles. The highest BCUT2D eigenvalue weighted by Crippen LogP contribution is 2.21. The molecule has 0 radical (unpaired) electrons. The number of halogens is 1. The number of hydrogen-bond acceptors (Lipinski definition) is 4. The first-order chi connectivity index (χ1) is 9.81. The highest BCUT2D eigenvalue weighted by Gasteiger charge is 2.03. The largest absolute Gasteiger partial charge is 0.489 e. The molecule has 1 aromatic heterocycles. The Bertz CT molecular complexity index is 681. The Hall–Kier alpha value is -2.14. The highest BCUT2D eigenvalue weighted by molar-refractivity contribution is 9.10. The SMILES string of the molecule is Brc1cccc(COc2ccc(-c3nnco3)cc2)c1. The molecule has 0 saturated heterocycles. The average molecular weight is 331 g/mol. The Morgan fingerprint density at radius 2 is 1.95 bits per heavy atom. The zero-order valence-corrected chi connectivity index (χ0v) is 12.1. The zero-order chi connectivity index (χ0) is 13.8. The molecule has 4 nitrogen and oxygen atoms in total. The first-order valence-corrected chi connectivity index (χ1v) is 6.84. The average Bonchev–Trinajstić information content (AvgIpc) is 3.00. The van der Waals surface area contributed by atoms with Gasteiger partial charge < -0.3 is 9.15 Å². The second kappa shape index (κ2) is 5.88. The Kier molecular flexibility index (Phi) is 3.78. The van der Waals surface area contributed by atoms with E-state index in [-0.39, 0.29) is 0 Å². The molecule has 0 saturated carbocycles. The third-order valence-corrected chi connectivity index (χ3v) is 3.25. The van der Waals surface area contributed by atoms with Crippen molar-refractivity contribution < 1.29 is 9.15 Å².